The Morgan fingerprint density at radius 1 is 0.317 bits per heavy atom. The van der Waals surface area contributed by atoms with Gasteiger partial charge in [-0.25, -0.2) is 0 Å². The number of rotatable bonds is 48. The molecule has 0 spiro atoms. The molecular weight excluding hydrogens is 745 g/mol. The summed E-state index contributed by atoms with van der Waals surface area (Å²) in [4.78, 5) is 37.9. The highest BCUT2D eigenvalue weighted by atomic mass is 16.6. The predicted molar refractivity (Wildman–Crippen MR) is 256 cm³/mol. The van der Waals surface area contributed by atoms with E-state index < -0.39 is 6.10 Å². The van der Waals surface area contributed by atoms with E-state index in [0.717, 1.165) is 69.6 Å². The van der Waals surface area contributed by atoms with Crippen molar-refractivity contribution < 1.29 is 28.6 Å². The largest absolute Gasteiger partial charge is 0.462 e. The van der Waals surface area contributed by atoms with E-state index in [-0.39, 0.29) is 31.1 Å². The molecule has 0 amide bonds. The summed E-state index contributed by atoms with van der Waals surface area (Å²) < 4.78 is 16.8. The van der Waals surface area contributed by atoms with Crippen molar-refractivity contribution in [2.45, 2.75) is 304 Å². The SMILES string of the molecule is CCCCCCCCCCCC(=O)OC[C@@H](COC(=O)CCCCCCCCCCCC(C)C)OC(=O)CCCCCCCCCCCCCCCCCCCCC(C)C. The number of carbonyl (C=O) groups is 3. The second-order valence-corrected chi connectivity index (χ2v) is 19.5. The second kappa shape index (κ2) is 46.9. The van der Waals surface area contributed by atoms with Crippen molar-refractivity contribution >= 4 is 17.9 Å². The first kappa shape index (κ1) is 58.4. The molecule has 1 atom stereocenters. The summed E-state index contributed by atoms with van der Waals surface area (Å²) in [6.45, 7) is 11.4. The van der Waals surface area contributed by atoms with Gasteiger partial charge in [-0.15, -0.1) is 0 Å². The van der Waals surface area contributed by atoms with Crippen LogP contribution in [-0.4, -0.2) is 37.2 Å². The number of hydrogen-bond donors (Lipinski definition) is 0. The lowest BCUT2D eigenvalue weighted by molar-refractivity contribution is -0.167. The van der Waals surface area contributed by atoms with Crippen LogP contribution in [0.15, 0.2) is 0 Å². The van der Waals surface area contributed by atoms with E-state index in [1.165, 1.54) is 186 Å². The maximum atomic E-state index is 12.8. The molecule has 0 aliphatic heterocycles. The molecule has 0 saturated carbocycles. The minimum absolute atomic E-state index is 0.0640. The van der Waals surface area contributed by atoms with Crippen LogP contribution in [0.1, 0.15) is 298 Å². The summed E-state index contributed by atoms with van der Waals surface area (Å²) in [5, 5.41) is 0. The summed E-state index contributed by atoms with van der Waals surface area (Å²) >= 11 is 0. The van der Waals surface area contributed by atoms with Gasteiger partial charge in [0.1, 0.15) is 13.2 Å². The average Bonchev–Trinajstić information content (AvgIpc) is 3.22. The molecular formula is C54H104O6. The fourth-order valence-electron chi connectivity index (χ4n) is 8.17. The number of esters is 3. The van der Waals surface area contributed by atoms with E-state index in [1.807, 2.05) is 0 Å². The lowest BCUT2D eigenvalue weighted by atomic mass is 10.0. The van der Waals surface area contributed by atoms with Gasteiger partial charge in [-0.05, 0) is 31.1 Å². The minimum atomic E-state index is -0.761. The zero-order valence-electron chi connectivity index (χ0n) is 41.1. The van der Waals surface area contributed by atoms with Crippen LogP contribution in [0, 0.1) is 11.8 Å². The molecule has 0 radical (unpaired) electrons. The highest BCUT2D eigenvalue weighted by Gasteiger charge is 2.19. The molecule has 0 saturated heterocycles. The van der Waals surface area contributed by atoms with E-state index >= 15 is 0 Å². The van der Waals surface area contributed by atoms with Crippen molar-refractivity contribution in [3.63, 3.8) is 0 Å². The Labute approximate surface area is 374 Å². The molecule has 0 aromatic carbocycles. The van der Waals surface area contributed by atoms with Gasteiger partial charge in [0, 0.05) is 19.3 Å². The van der Waals surface area contributed by atoms with Crippen molar-refractivity contribution in [2.75, 3.05) is 13.2 Å². The van der Waals surface area contributed by atoms with Gasteiger partial charge >= 0.3 is 17.9 Å². The molecule has 0 heterocycles. The van der Waals surface area contributed by atoms with Crippen LogP contribution in [0.2, 0.25) is 0 Å². The molecule has 6 heteroatoms. The molecule has 0 rings (SSSR count). The first-order valence-corrected chi connectivity index (χ1v) is 26.7. The van der Waals surface area contributed by atoms with Gasteiger partial charge in [0.15, 0.2) is 6.10 Å². The van der Waals surface area contributed by atoms with Crippen molar-refractivity contribution in [2.24, 2.45) is 11.8 Å². The smallest absolute Gasteiger partial charge is 0.306 e. The van der Waals surface area contributed by atoms with Gasteiger partial charge < -0.3 is 14.2 Å². The molecule has 6 nitrogen and oxygen atoms in total. The average molecular weight is 849 g/mol. The third-order valence-electron chi connectivity index (χ3n) is 12.2. The lowest BCUT2D eigenvalue weighted by Crippen LogP contribution is -2.30. The van der Waals surface area contributed by atoms with Gasteiger partial charge in [0.2, 0.25) is 0 Å². The first-order chi connectivity index (χ1) is 29.2. The molecule has 60 heavy (non-hydrogen) atoms. The Bertz CT molecular complexity index is 916. The summed E-state index contributed by atoms with van der Waals surface area (Å²) in [5.74, 6) is 0.817. The summed E-state index contributed by atoms with van der Waals surface area (Å²) in [6, 6.07) is 0. The fraction of sp³-hybridized carbons (Fsp3) is 0.944. The molecule has 356 valence electrons. The summed E-state index contributed by atoms with van der Waals surface area (Å²) in [5.41, 5.74) is 0. The summed E-state index contributed by atoms with van der Waals surface area (Å²) in [7, 11) is 0. The van der Waals surface area contributed by atoms with Gasteiger partial charge in [-0.2, -0.15) is 0 Å². The van der Waals surface area contributed by atoms with E-state index in [4.69, 9.17) is 14.2 Å². The topological polar surface area (TPSA) is 78.9 Å². The third kappa shape index (κ3) is 47.5. The van der Waals surface area contributed by atoms with Crippen LogP contribution in [0.3, 0.4) is 0 Å². The minimum Gasteiger partial charge on any atom is -0.462 e. The van der Waals surface area contributed by atoms with Crippen molar-refractivity contribution in [1.29, 1.82) is 0 Å². The van der Waals surface area contributed by atoms with E-state index in [0.29, 0.717) is 19.3 Å². The Hall–Kier alpha value is -1.59. The van der Waals surface area contributed by atoms with Crippen LogP contribution in [0.4, 0.5) is 0 Å². The molecule has 0 fully saturated rings. The van der Waals surface area contributed by atoms with E-state index in [9.17, 15) is 14.4 Å². The van der Waals surface area contributed by atoms with Crippen LogP contribution >= 0.6 is 0 Å². The zero-order valence-corrected chi connectivity index (χ0v) is 41.1. The second-order valence-electron chi connectivity index (χ2n) is 19.5. The number of unbranched alkanes of at least 4 members (excludes halogenated alkanes) is 33. The maximum absolute atomic E-state index is 12.8. The van der Waals surface area contributed by atoms with Crippen molar-refractivity contribution in [3.05, 3.63) is 0 Å². The van der Waals surface area contributed by atoms with Crippen molar-refractivity contribution in [3.8, 4) is 0 Å². The van der Waals surface area contributed by atoms with Crippen LogP contribution in [0.25, 0.3) is 0 Å². The van der Waals surface area contributed by atoms with E-state index in [2.05, 4.69) is 34.6 Å². The van der Waals surface area contributed by atoms with Crippen LogP contribution in [0.5, 0.6) is 0 Å². The maximum Gasteiger partial charge on any atom is 0.306 e. The fourth-order valence-corrected chi connectivity index (χ4v) is 8.17. The highest BCUT2D eigenvalue weighted by molar-refractivity contribution is 5.71. The lowest BCUT2D eigenvalue weighted by Gasteiger charge is -2.18. The van der Waals surface area contributed by atoms with Crippen LogP contribution in [-0.2, 0) is 28.6 Å². The van der Waals surface area contributed by atoms with Gasteiger partial charge in [-0.1, -0.05) is 259 Å². The molecule has 0 aliphatic carbocycles. The Kier molecular flexibility index (Phi) is 45.7. The monoisotopic (exact) mass is 849 g/mol. The van der Waals surface area contributed by atoms with E-state index in [1.54, 1.807) is 0 Å². The molecule has 0 aromatic rings. The first-order valence-electron chi connectivity index (χ1n) is 26.7. The molecule has 0 aromatic heterocycles. The number of hydrogen-bond acceptors (Lipinski definition) is 6. The molecule has 0 N–H and O–H groups in total. The zero-order chi connectivity index (χ0) is 44.0. The Balaban J connectivity index is 4.20. The molecule has 0 aliphatic rings. The quantitative estimate of drug-likeness (QED) is 0.0345. The molecule has 0 bridgehead atoms. The predicted octanol–water partition coefficient (Wildman–Crippen LogP) is 17.3. The normalized spacial score (nSPS) is 12.1. The van der Waals surface area contributed by atoms with Gasteiger partial charge in [-0.3, -0.25) is 14.4 Å². The van der Waals surface area contributed by atoms with Crippen molar-refractivity contribution in [1.82, 2.24) is 0 Å². The number of carbonyl (C=O) groups excluding carboxylic acids is 3. The molecule has 0 unspecified atom stereocenters. The highest BCUT2D eigenvalue weighted by Crippen LogP contribution is 2.18. The third-order valence-corrected chi connectivity index (χ3v) is 12.2. The standard InChI is InChI=1S/C54H104O6/c1-6-7-8-9-10-22-29-34-39-44-52(55)58-47-51(48-59-53(56)45-40-35-30-26-21-24-28-33-38-43-50(4)5)60-54(57)46-41-36-31-25-20-18-16-14-12-11-13-15-17-19-23-27-32-37-42-49(2)3/h49-51H,6-48H2,1-5H3/t51-/m0/s1. The van der Waals surface area contributed by atoms with Gasteiger partial charge in [0.05, 0.1) is 0 Å². The number of ether oxygens (including phenoxy) is 3. The Morgan fingerprint density at radius 2 is 0.550 bits per heavy atom. The van der Waals surface area contributed by atoms with Gasteiger partial charge in [0.25, 0.3) is 0 Å². The van der Waals surface area contributed by atoms with Crippen LogP contribution < -0.4 is 0 Å². The Morgan fingerprint density at radius 3 is 0.817 bits per heavy atom. The summed E-state index contributed by atoms with van der Waals surface area (Å²) in [6.07, 6.45) is 48.2.